The number of aliphatic carboxylic acids is 1. The van der Waals surface area contributed by atoms with Gasteiger partial charge in [-0.3, -0.25) is 24.6 Å². The zero-order chi connectivity index (χ0) is 24.0. The van der Waals surface area contributed by atoms with Crippen molar-refractivity contribution in [3.05, 3.63) is 59.5 Å². The molecule has 174 valence electrons. The minimum atomic E-state index is -1.30. The van der Waals surface area contributed by atoms with Crippen LogP contribution in [0.15, 0.2) is 47.3 Å². The third kappa shape index (κ3) is 5.20. The number of piperazine rings is 1. The van der Waals surface area contributed by atoms with Gasteiger partial charge in [-0.05, 0) is 31.0 Å². The van der Waals surface area contributed by atoms with Crippen molar-refractivity contribution in [3.63, 3.8) is 0 Å². The Bertz CT molecular complexity index is 1050. The van der Waals surface area contributed by atoms with E-state index in [-0.39, 0.29) is 37.8 Å². The van der Waals surface area contributed by atoms with Gasteiger partial charge in [0.15, 0.2) is 0 Å². The minimum absolute atomic E-state index is 0.100. The Labute approximate surface area is 189 Å². The number of carboxylic acids is 1. The normalized spacial score (nSPS) is 15.5. The highest BCUT2D eigenvalue weighted by molar-refractivity contribution is 6.35. The lowest BCUT2D eigenvalue weighted by molar-refractivity contribution is -0.157. The lowest BCUT2D eigenvalue weighted by Gasteiger charge is -2.44. The fourth-order valence-electron chi connectivity index (χ4n) is 3.98. The van der Waals surface area contributed by atoms with Crippen molar-refractivity contribution in [2.75, 3.05) is 19.6 Å². The van der Waals surface area contributed by atoms with Crippen molar-refractivity contribution in [2.45, 2.75) is 24.8 Å². The quantitative estimate of drug-likeness (QED) is 0.149. The number of rotatable bonds is 10. The molecule has 2 aromatic rings. The number of nitrogens with one attached hydrogen (secondary N) is 3. The highest BCUT2D eigenvalue weighted by Gasteiger charge is 2.46. The van der Waals surface area contributed by atoms with E-state index in [1.165, 1.54) is 17.4 Å². The molecule has 33 heavy (non-hydrogen) atoms. The first-order chi connectivity index (χ1) is 15.7. The molecule has 2 heterocycles. The summed E-state index contributed by atoms with van der Waals surface area (Å²) >= 11 is 0. The van der Waals surface area contributed by atoms with Gasteiger partial charge in [-0.2, -0.15) is 0 Å². The molecule has 1 aromatic heterocycles. The number of nitrogens with zero attached hydrogens (tertiary/aromatic N) is 1. The first kappa shape index (κ1) is 23.5. The molecular formula is C22H25N5O6. The van der Waals surface area contributed by atoms with E-state index < -0.39 is 29.7 Å². The van der Waals surface area contributed by atoms with E-state index in [1.807, 2.05) is 0 Å². The Hall–Kier alpha value is -4.15. The number of carbonyl (C=O) groups excluding carboxylic acids is 3. The van der Waals surface area contributed by atoms with Crippen LogP contribution in [0.4, 0.5) is 0 Å². The van der Waals surface area contributed by atoms with Crippen LogP contribution < -0.4 is 16.4 Å². The smallest absolute Gasteiger partial charge is 0.312 e. The Morgan fingerprint density at radius 3 is 2.52 bits per heavy atom. The van der Waals surface area contributed by atoms with Crippen molar-refractivity contribution in [1.29, 1.82) is 5.41 Å². The standard InChI is InChI=1S/C22H25N5O6/c23-18(24)14-2-4-15(5-3-14)19(30)25-8-1-7-22(12-17(28)29,16-6-11-33-13-16)27-10-9-26-20(31)21(27)32/h2-6,11,13H,1,7-10,12H2,(H3,23,24)(H,25,30)(H,26,31)(H,28,29). The van der Waals surface area contributed by atoms with Gasteiger partial charge in [0, 0.05) is 36.3 Å². The van der Waals surface area contributed by atoms with Crippen LogP contribution in [0.1, 0.15) is 40.7 Å². The van der Waals surface area contributed by atoms with E-state index in [1.54, 1.807) is 30.3 Å². The molecule has 3 amide bonds. The van der Waals surface area contributed by atoms with Crippen molar-refractivity contribution >= 4 is 29.5 Å². The van der Waals surface area contributed by atoms with Gasteiger partial charge in [0.2, 0.25) is 0 Å². The van der Waals surface area contributed by atoms with E-state index in [2.05, 4.69) is 10.6 Å². The van der Waals surface area contributed by atoms with Crippen LogP contribution in [0.25, 0.3) is 0 Å². The van der Waals surface area contributed by atoms with E-state index in [4.69, 9.17) is 15.6 Å². The number of nitrogens with two attached hydrogens (primary N) is 1. The molecule has 1 aliphatic heterocycles. The number of nitrogen functional groups attached to an aromatic ring is 1. The summed E-state index contributed by atoms with van der Waals surface area (Å²) < 4.78 is 5.16. The number of furan rings is 1. The molecular weight excluding hydrogens is 430 g/mol. The molecule has 11 heteroatoms. The molecule has 0 aliphatic carbocycles. The van der Waals surface area contributed by atoms with Gasteiger partial charge in [-0.15, -0.1) is 0 Å². The maximum Gasteiger partial charge on any atom is 0.312 e. The fraction of sp³-hybridized carbons (Fsp3) is 0.318. The molecule has 1 saturated heterocycles. The second-order valence-corrected chi connectivity index (χ2v) is 7.68. The minimum Gasteiger partial charge on any atom is -0.481 e. The summed E-state index contributed by atoms with van der Waals surface area (Å²) in [5, 5.41) is 22.3. The molecule has 11 nitrogen and oxygen atoms in total. The van der Waals surface area contributed by atoms with E-state index in [9.17, 15) is 24.3 Å². The van der Waals surface area contributed by atoms with Gasteiger partial charge in [-0.1, -0.05) is 12.1 Å². The Morgan fingerprint density at radius 1 is 1.21 bits per heavy atom. The average molecular weight is 455 g/mol. The fourth-order valence-corrected chi connectivity index (χ4v) is 3.98. The SMILES string of the molecule is N=C(N)c1ccc(C(=O)NCCCC(CC(=O)O)(c2ccoc2)N2CCNC(=O)C2=O)cc1. The van der Waals surface area contributed by atoms with E-state index in [0.717, 1.165) is 0 Å². The predicted molar refractivity (Wildman–Crippen MR) is 116 cm³/mol. The molecule has 6 N–H and O–H groups in total. The number of amides is 3. The van der Waals surface area contributed by atoms with Crippen LogP contribution in [0.2, 0.25) is 0 Å². The van der Waals surface area contributed by atoms with Gasteiger partial charge in [-0.25, -0.2) is 0 Å². The van der Waals surface area contributed by atoms with Crippen molar-refractivity contribution < 1.29 is 28.7 Å². The second kappa shape index (κ2) is 9.98. The Morgan fingerprint density at radius 2 is 1.91 bits per heavy atom. The number of benzene rings is 1. The number of carboxylic acid groups (broad SMARTS) is 1. The monoisotopic (exact) mass is 455 g/mol. The molecule has 0 radical (unpaired) electrons. The lowest BCUT2D eigenvalue weighted by atomic mass is 9.81. The zero-order valence-corrected chi connectivity index (χ0v) is 17.8. The van der Waals surface area contributed by atoms with Gasteiger partial charge < -0.3 is 30.8 Å². The number of carbonyl (C=O) groups is 4. The molecule has 3 rings (SSSR count). The molecule has 0 saturated carbocycles. The average Bonchev–Trinajstić information content (AvgIpc) is 3.33. The van der Waals surface area contributed by atoms with Crippen LogP contribution >= 0.6 is 0 Å². The van der Waals surface area contributed by atoms with Crippen LogP contribution in [-0.4, -0.2) is 59.2 Å². The van der Waals surface area contributed by atoms with Gasteiger partial charge in [0.05, 0.1) is 24.5 Å². The summed E-state index contributed by atoms with van der Waals surface area (Å²) in [4.78, 5) is 50.1. The third-order valence-electron chi connectivity index (χ3n) is 5.59. The van der Waals surface area contributed by atoms with Crippen LogP contribution in [-0.2, 0) is 19.9 Å². The summed E-state index contributed by atoms with van der Waals surface area (Å²) in [6, 6.07) is 7.83. The Balaban J connectivity index is 1.74. The van der Waals surface area contributed by atoms with Crippen LogP contribution in [0.5, 0.6) is 0 Å². The van der Waals surface area contributed by atoms with Gasteiger partial charge in [0.1, 0.15) is 5.84 Å². The summed E-state index contributed by atoms with van der Waals surface area (Å²) in [5.41, 5.74) is 5.47. The summed E-state index contributed by atoms with van der Waals surface area (Å²) in [6.07, 6.45) is 2.85. The predicted octanol–water partition coefficient (Wildman–Crippen LogP) is 0.402. The molecule has 1 atom stereocenters. The topological polar surface area (TPSA) is 179 Å². The Kier molecular flexibility index (Phi) is 7.11. The first-order valence-corrected chi connectivity index (χ1v) is 10.3. The van der Waals surface area contributed by atoms with Crippen molar-refractivity contribution in [3.8, 4) is 0 Å². The molecule has 1 fully saturated rings. The van der Waals surface area contributed by atoms with Crippen molar-refractivity contribution in [2.24, 2.45) is 5.73 Å². The third-order valence-corrected chi connectivity index (χ3v) is 5.59. The van der Waals surface area contributed by atoms with Gasteiger partial charge in [0.25, 0.3) is 5.91 Å². The number of hydrogen-bond acceptors (Lipinski definition) is 6. The maximum atomic E-state index is 12.6. The number of amidine groups is 1. The van der Waals surface area contributed by atoms with E-state index in [0.29, 0.717) is 23.1 Å². The summed E-state index contributed by atoms with van der Waals surface area (Å²) in [5.74, 6) is -3.17. The molecule has 0 bridgehead atoms. The first-order valence-electron chi connectivity index (χ1n) is 10.3. The largest absolute Gasteiger partial charge is 0.481 e. The molecule has 1 aromatic carbocycles. The lowest BCUT2D eigenvalue weighted by Crippen LogP contribution is -2.60. The molecule has 1 aliphatic rings. The van der Waals surface area contributed by atoms with Crippen molar-refractivity contribution in [1.82, 2.24) is 15.5 Å². The highest BCUT2D eigenvalue weighted by Crippen LogP contribution is 2.38. The highest BCUT2D eigenvalue weighted by atomic mass is 16.4. The molecule has 1 unspecified atom stereocenters. The van der Waals surface area contributed by atoms with Crippen LogP contribution in [0, 0.1) is 5.41 Å². The summed E-state index contributed by atoms with van der Waals surface area (Å²) in [7, 11) is 0. The zero-order valence-electron chi connectivity index (χ0n) is 17.8. The van der Waals surface area contributed by atoms with Crippen LogP contribution in [0.3, 0.4) is 0 Å². The second-order valence-electron chi connectivity index (χ2n) is 7.68. The molecule has 0 spiro atoms. The number of hydrogen-bond donors (Lipinski definition) is 5. The van der Waals surface area contributed by atoms with Gasteiger partial charge >= 0.3 is 17.8 Å². The van der Waals surface area contributed by atoms with E-state index >= 15 is 0 Å². The summed E-state index contributed by atoms with van der Waals surface area (Å²) in [6.45, 7) is 0.565. The maximum absolute atomic E-state index is 12.6.